The van der Waals surface area contributed by atoms with E-state index in [-0.39, 0.29) is 5.54 Å². The summed E-state index contributed by atoms with van der Waals surface area (Å²) in [6, 6.07) is 18.0. The van der Waals surface area contributed by atoms with Gasteiger partial charge in [0.2, 0.25) is 10.0 Å². The number of rotatable bonds is 4. The van der Waals surface area contributed by atoms with Gasteiger partial charge in [0.05, 0.1) is 28.9 Å². The summed E-state index contributed by atoms with van der Waals surface area (Å²) in [5, 5.41) is 3.76. The topological polar surface area (TPSA) is 63.6 Å². The highest BCUT2D eigenvalue weighted by molar-refractivity contribution is 7.89. The van der Waals surface area contributed by atoms with Crippen LogP contribution in [0.5, 0.6) is 5.75 Å². The van der Waals surface area contributed by atoms with Gasteiger partial charge in [-0.3, -0.25) is 0 Å². The van der Waals surface area contributed by atoms with E-state index < -0.39 is 10.0 Å². The first-order valence-electron chi connectivity index (χ1n) is 12.7. The van der Waals surface area contributed by atoms with Crippen molar-refractivity contribution in [2.75, 3.05) is 25.5 Å². The Morgan fingerprint density at radius 2 is 1.71 bits per heavy atom. The number of sulfonamides is 1. The number of piperidine rings is 1. The van der Waals surface area contributed by atoms with Crippen LogP contribution in [-0.2, 0) is 15.6 Å². The van der Waals surface area contributed by atoms with Crippen LogP contribution in [0.25, 0.3) is 5.69 Å². The molecule has 2 fully saturated rings. The van der Waals surface area contributed by atoms with Crippen molar-refractivity contribution in [1.82, 2.24) is 8.87 Å². The SMILES string of the molecule is COc1ccc2c(c1)NC1(CCN(S(=O)(=O)c3ccc(C4CCCCC4)cc3)CC1)c1cccn1-2. The number of aromatic nitrogens is 1. The maximum absolute atomic E-state index is 13.5. The van der Waals surface area contributed by atoms with E-state index in [9.17, 15) is 8.42 Å². The molecular weight excluding hydrogens is 458 g/mol. The monoisotopic (exact) mass is 491 g/mol. The van der Waals surface area contributed by atoms with Crippen LogP contribution in [0.1, 0.15) is 62.1 Å². The zero-order chi connectivity index (χ0) is 24.0. The van der Waals surface area contributed by atoms with Crippen molar-refractivity contribution in [3.8, 4) is 11.4 Å². The predicted octanol–water partition coefficient (Wildman–Crippen LogP) is 5.64. The summed E-state index contributed by atoms with van der Waals surface area (Å²) in [6.45, 7) is 0.953. The van der Waals surface area contributed by atoms with Crippen molar-refractivity contribution in [2.24, 2.45) is 0 Å². The molecule has 35 heavy (non-hydrogen) atoms. The average molecular weight is 492 g/mol. The Morgan fingerprint density at radius 3 is 2.43 bits per heavy atom. The van der Waals surface area contributed by atoms with Crippen molar-refractivity contribution in [3.05, 3.63) is 72.1 Å². The molecule has 2 aliphatic heterocycles. The molecule has 3 heterocycles. The zero-order valence-electron chi connectivity index (χ0n) is 20.2. The standard InChI is InChI=1S/C28H33N3O3S/c1-34-23-11-14-26-25(20-23)29-28(27-8-5-17-31(26)27)15-18-30(19-16-28)35(32,33)24-12-9-22(10-13-24)21-6-3-2-4-7-21/h5,8-14,17,20-21,29H,2-4,6-7,15-16,18-19H2,1H3. The number of fused-ring (bicyclic) bond motifs is 4. The summed E-state index contributed by atoms with van der Waals surface area (Å²) in [5.74, 6) is 1.38. The van der Waals surface area contributed by atoms with Gasteiger partial charge in [0.1, 0.15) is 5.75 Å². The molecule has 6 nitrogen and oxygen atoms in total. The van der Waals surface area contributed by atoms with Crippen molar-refractivity contribution < 1.29 is 13.2 Å². The minimum absolute atomic E-state index is 0.306. The molecule has 1 N–H and O–H groups in total. The van der Waals surface area contributed by atoms with Gasteiger partial charge in [-0.1, -0.05) is 31.4 Å². The van der Waals surface area contributed by atoms with Crippen LogP contribution in [0, 0.1) is 0 Å². The fraction of sp³-hybridized carbons (Fsp3) is 0.429. The van der Waals surface area contributed by atoms with E-state index in [1.165, 1.54) is 43.4 Å². The van der Waals surface area contributed by atoms with Gasteiger partial charge in [0, 0.05) is 31.0 Å². The minimum Gasteiger partial charge on any atom is -0.497 e. The lowest BCUT2D eigenvalue weighted by Crippen LogP contribution is -2.50. The summed E-state index contributed by atoms with van der Waals surface area (Å²) < 4.78 is 36.3. The number of ether oxygens (including phenoxy) is 1. The predicted molar refractivity (Wildman–Crippen MR) is 138 cm³/mol. The molecular formula is C28H33N3O3S. The van der Waals surface area contributed by atoms with Gasteiger partial charge < -0.3 is 14.6 Å². The van der Waals surface area contributed by atoms with Gasteiger partial charge in [-0.2, -0.15) is 4.31 Å². The molecule has 3 aliphatic rings. The van der Waals surface area contributed by atoms with Gasteiger partial charge in [0.25, 0.3) is 0 Å². The molecule has 1 saturated heterocycles. The summed E-state index contributed by atoms with van der Waals surface area (Å²) in [6.07, 6.45) is 9.77. The first-order valence-corrected chi connectivity index (χ1v) is 14.2. The molecule has 0 amide bonds. The number of methoxy groups -OCH3 is 1. The van der Waals surface area contributed by atoms with Crippen LogP contribution in [0.15, 0.2) is 65.7 Å². The number of hydrogen-bond acceptors (Lipinski definition) is 4. The molecule has 0 radical (unpaired) electrons. The lowest BCUT2D eigenvalue weighted by Gasteiger charge is -2.46. The molecule has 1 spiro atoms. The third-order valence-corrected chi connectivity index (χ3v) is 10.2. The molecule has 1 aromatic heterocycles. The Labute approximate surface area is 208 Å². The van der Waals surface area contributed by atoms with Crippen molar-refractivity contribution in [2.45, 2.75) is 61.3 Å². The van der Waals surface area contributed by atoms with E-state index >= 15 is 0 Å². The molecule has 184 valence electrons. The van der Waals surface area contributed by atoms with Gasteiger partial charge in [-0.25, -0.2) is 8.42 Å². The van der Waals surface area contributed by atoms with E-state index in [4.69, 9.17) is 4.74 Å². The van der Waals surface area contributed by atoms with Gasteiger partial charge >= 0.3 is 0 Å². The number of nitrogens with one attached hydrogen (secondary N) is 1. The van der Waals surface area contributed by atoms with E-state index in [2.05, 4.69) is 34.3 Å². The first-order chi connectivity index (χ1) is 17.0. The Bertz CT molecular complexity index is 1320. The first kappa shape index (κ1) is 22.7. The Balaban J connectivity index is 1.22. The highest BCUT2D eigenvalue weighted by Crippen LogP contribution is 2.45. The second-order valence-corrected chi connectivity index (χ2v) is 12.1. The average Bonchev–Trinajstić information content (AvgIpc) is 3.41. The third-order valence-electron chi connectivity index (χ3n) is 8.25. The quantitative estimate of drug-likeness (QED) is 0.513. The highest BCUT2D eigenvalue weighted by Gasteiger charge is 2.44. The van der Waals surface area contributed by atoms with Crippen LogP contribution in [0.2, 0.25) is 0 Å². The Kier molecular flexibility index (Phi) is 5.65. The molecule has 1 saturated carbocycles. The van der Waals surface area contributed by atoms with Crippen molar-refractivity contribution >= 4 is 15.7 Å². The maximum Gasteiger partial charge on any atom is 0.243 e. The number of nitrogens with zero attached hydrogens (tertiary/aromatic N) is 2. The molecule has 3 aromatic rings. The molecule has 0 atom stereocenters. The smallest absolute Gasteiger partial charge is 0.243 e. The fourth-order valence-electron chi connectivity index (χ4n) is 6.24. The Hall–Kier alpha value is -2.77. The van der Waals surface area contributed by atoms with Gasteiger partial charge in [-0.05, 0) is 73.6 Å². The molecule has 6 rings (SSSR count). The summed E-state index contributed by atoms with van der Waals surface area (Å²) in [5.41, 5.74) is 4.26. The zero-order valence-corrected chi connectivity index (χ0v) is 21.1. The maximum atomic E-state index is 13.5. The van der Waals surface area contributed by atoms with Crippen molar-refractivity contribution in [3.63, 3.8) is 0 Å². The van der Waals surface area contributed by atoms with Crippen LogP contribution in [-0.4, -0.2) is 37.5 Å². The summed E-state index contributed by atoms with van der Waals surface area (Å²) in [4.78, 5) is 0.406. The molecule has 0 unspecified atom stereocenters. The number of benzene rings is 2. The van der Waals surface area contributed by atoms with Crippen molar-refractivity contribution in [1.29, 1.82) is 0 Å². The van der Waals surface area contributed by atoms with E-state index in [0.29, 0.717) is 36.7 Å². The van der Waals surface area contributed by atoms with E-state index in [1.54, 1.807) is 11.4 Å². The normalized spacial score (nSPS) is 20.1. The molecule has 1 aliphatic carbocycles. The van der Waals surface area contributed by atoms with Crippen LogP contribution in [0.3, 0.4) is 0 Å². The number of anilines is 1. The summed E-state index contributed by atoms with van der Waals surface area (Å²) in [7, 11) is -1.85. The van der Waals surface area contributed by atoms with Crippen LogP contribution >= 0.6 is 0 Å². The lowest BCUT2D eigenvalue weighted by atomic mass is 9.83. The minimum atomic E-state index is -3.52. The van der Waals surface area contributed by atoms with E-state index in [0.717, 1.165) is 17.1 Å². The van der Waals surface area contributed by atoms with Crippen LogP contribution in [0.4, 0.5) is 5.69 Å². The fourth-order valence-corrected chi connectivity index (χ4v) is 7.68. The molecule has 2 aromatic carbocycles. The van der Waals surface area contributed by atoms with Crippen LogP contribution < -0.4 is 10.1 Å². The Morgan fingerprint density at radius 1 is 0.971 bits per heavy atom. The second-order valence-electron chi connectivity index (χ2n) is 10.2. The third kappa shape index (κ3) is 3.85. The largest absolute Gasteiger partial charge is 0.497 e. The number of hydrogen-bond donors (Lipinski definition) is 1. The molecule has 7 heteroatoms. The second kappa shape index (κ2) is 8.71. The molecule has 0 bridgehead atoms. The van der Waals surface area contributed by atoms with Gasteiger partial charge in [0.15, 0.2) is 0 Å². The summed E-state index contributed by atoms with van der Waals surface area (Å²) >= 11 is 0. The van der Waals surface area contributed by atoms with E-state index in [1.807, 2.05) is 36.4 Å². The lowest BCUT2D eigenvalue weighted by molar-refractivity contribution is 0.247. The van der Waals surface area contributed by atoms with Gasteiger partial charge in [-0.15, -0.1) is 0 Å². The highest BCUT2D eigenvalue weighted by atomic mass is 32.2.